The van der Waals surface area contributed by atoms with Gasteiger partial charge >= 0.3 is 12.1 Å². The molecular weight excluding hydrogens is 803 g/mol. The number of fused-ring (bicyclic) bond motifs is 1. The van der Waals surface area contributed by atoms with Gasteiger partial charge in [0, 0.05) is 51.7 Å². The Bertz CT molecular complexity index is 1910. The van der Waals surface area contributed by atoms with Crippen molar-refractivity contribution in [2.24, 2.45) is 22.7 Å². The van der Waals surface area contributed by atoms with Gasteiger partial charge in [-0.25, -0.2) is 22.3 Å². The van der Waals surface area contributed by atoms with Crippen LogP contribution in [0.3, 0.4) is 0 Å². The first kappa shape index (κ1) is 47.5. The molecule has 5 rings (SSSR count). The van der Waals surface area contributed by atoms with Crippen molar-refractivity contribution >= 4 is 45.7 Å². The monoisotopic (exact) mass is 869 g/mol. The molecular formula is C44H67N7O9S. The minimum atomic E-state index is -3.56. The van der Waals surface area contributed by atoms with Crippen LogP contribution in [0.1, 0.15) is 96.6 Å². The minimum Gasteiger partial charge on any atom is -0.449 e. The van der Waals surface area contributed by atoms with Gasteiger partial charge in [-0.1, -0.05) is 90.1 Å². The van der Waals surface area contributed by atoms with Crippen LogP contribution in [0, 0.1) is 22.7 Å². The fourth-order valence-corrected chi connectivity index (χ4v) is 9.09. The molecule has 4 N–H and O–H groups in total. The van der Waals surface area contributed by atoms with Crippen LogP contribution in [-0.4, -0.2) is 128 Å². The molecule has 0 aromatic heterocycles. The number of nitrogens with one attached hydrogen (secondary N) is 4. The number of ketones is 1. The molecule has 2 saturated carbocycles. The largest absolute Gasteiger partial charge is 0.449 e. The lowest BCUT2D eigenvalue weighted by Gasteiger charge is -2.43. The SMILES string of the molecule is C=CCNC(=O)C(=O)C(CC1CC1)NC(=O)[C@@H]1CC(COC(=O)N2CCc3ccccc3C2)CN1C(=O)[C@@H](NC(=O)N[C@H](CN(C)S(C)(=O)=O)C(C)(C)C)C1(C)CCCCC1. The zero-order chi connectivity index (χ0) is 44.7. The lowest BCUT2D eigenvalue weighted by Crippen LogP contribution is -2.63. The van der Waals surface area contributed by atoms with Crippen LogP contribution < -0.4 is 21.3 Å². The van der Waals surface area contributed by atoms with Gasteiger partial charge in [0.15, 0.2) is 0 Å². The molecule has 3 fully saturated rings. The number of rotatable bonds is 17. The summed E-state index contributed by atoms with van der Waals surface area (Å²) >= 11 is 0. The average Bonchev–Trinajstić information content (AvgIpc) is 3.93. The summed E-state index contributed by atoms with van der Waals surface area (Å²) in [7, 11) is -2.12. The summed E-state index contributed by atoms with van der Waals surface area (Å²) in [6, 6.07) is 3.34. The molecule has 338 valence electrons. The molecule has 61 heavy (non-hydrogen) atoms. The van der Waals surface area contributed by atoms with E-state index in [-0.39, 0.29) is 45.0 Å². The van der Waals surface area contributed by atoms with Crippen molar-refractivity contribution in [1.82, 2.24) is 35.4 Å². The van der Waals surface area contributed by atoms with Crippen LogP contribution in [-0.2, 0) is 46.9 Å². The second kappa shape index (κ2) is 20.1. The third kappa shape index (κ3) is 12.8. The van der Waals surface area contributed by atoms with Gasteiger partial charge in [-0.2, -0.15) is 0 Å². The number of Topliss-reactive ketones (excluding diaryl/α,β-unsaturated/α-hetero) is 1. The van der Waals surface area contributed by atoms with Crippen molar-refractivity contribution in [2.75, 3.05) is 46.1 Å². The van der Waals surface area contributed by atoms with Crippen molar-refractivity contribution < 1.29 is 41.9 Å². The first-order chi connectivity index (χ1) is 28.7. The highest BCUT2D eigenvalue weighted by molar-refractivity contribution is 7.88. The standard InChI is InChI=1S/C44H67N7O9S/c1-8-21-45-39(54)36(52)33(23-29-16-17-29)46-38(53)34-24-30(28-60-42(57)50-22-18-31-14-10-11-15-32(31)26-50)25-51(34)40(55)37(44(5)19-12-9-13-20-44)48-41(56)47-35(43(2,3)4)27-49(6)61(7,58)59/h8,10-11,14-15,29-30,33-35,37H,1,9,12-13,16-28H2,2-7H3,(H,45,54)(H,46,53)(H2,47,48,56)/t30?,33?,34-,35+,37+/m0/s1. The Morgan fingerprint density at radius 3 is 2.30 bits per heavy atom. The molecule has 16 nitrogen and oxygen atoms in total. The first-order valence-electron chi connectivity index (χ1n) is 21.7. The summed E-state index contributed by atoms with van der Waals surface area (Å²) in [4.78, 5) is 86.3. The van der Waals surface area contributed by atoms with E-state index in [1.54, 1.807) is 4.90 Å². The number of nitrogens with zero attached hydrogens (tertiary/aromatic N) is 3. The molecule has 17 heteroatoms. The third-order valence-corrected chi connectivity index (χ3v) is 14.2. The number of hydrogen-bond donors (Lipinski definition) is 4. The van der Waals surface area contributed by atoms with Gasteiger partial charge in [0.25, 0.3) is 5.91 Å². The third-order valence-electron chi connectivity index (χ3n) is 12.9. The summed E-state index contributed by atoms with van der Waals surface area (Å²) in [6.07, 6.45) is 8.75. The van der Waals surface area contributed by atoms with Gasteiger partial charge in [-0.15, -0.1) is 6.58 Å². The Balaban J connectivity index is 1.40. The zero-order valence-electron chi connectivity index (χ0n) is 36.8. The van der Waals surface area contributed by atoms with Gasteiger partial charge in [0.1, 0.15) is 12.1 Å². The zero-order valence-corrected chi connectivity index (χ0v) is 37.6. The van der Waals surface area contributed by atoms with E-state index < -0.39 is 86.6 Å². The van der Waals surface area contributed by atoms with Crippen molar-refractivity contribution in [3.8, 4) is 0 Å². The van der Waals surface area contributed by atoms with Crippen LogP contribution in [0.4, 0.5) is 9.59 Å². The highest BCUT2D eigenvalue weighted by atomic mass is 32.2. The Kier molecular flexibility index (Phi) is 15.7. The Labute approximate surface area is 361 Å². The van der Waals surface area contributed by atoms with Gasteiger partial charge in [0.2, 0.25) is 27.6 Å². The van der Waals surface area contributed by atoms with Gasteiger partial charge in [-0.05, 0) is 60.0 Å². The molecule has 5 atom stereocenters. The van der Waals surface area contributed by atoms with E-state index in [9.17, 15) is 32.4 Å². The molecule has 2 unspecified atom stereocenters. The number of amides is 6. The normalized spacial score (nSPS) is 21.6. The Morgan fingerprint density at radius 2 is 1.67 bits per heavy atom. The highest BCUT2D eigenvalue weighted by Crippen LogP contribution is 2.41. The minimum absolute atomic E-state index is 0.00327. The summed E-state index contributed by atoms with van der Waals surface area (Å²) in [5, 5.41) is 11.2. The number of ether oxygens (including phenoxy) is 1. The number of hydrogen-bond acceptors (Lipinski definition) is 9. The van der Waals surface area contributed by atoms with Crippen molar-refractivity contribution in [1.29, 1.82) is 0 Å². The predicted octanol–water partition coefficient (Wildman–Crippen LogP) is 3.50. The van der Waals surface area contributed by atoms with Crippen LogP contribution in [0.15, 0.2) is 36.9 Å². The van der Waals surface area contributed by atoms with E-state index in [1.807, 2.05) is 52.0 Å². The van der Waals surface area contributed by atoms with Crippen molar-refractivity contribution in [3.05, 3.63) is 48.0 Å². The van der Waals surface area contributed by atoms with E-state index in [0.29, 0.717) is 32.4 Å². The fourth-order valence-electron chi connectivity index (χ4n) is 8.67. The van der Waals surface area contributed by atoms with E-state index in [2.05, 4.69) is 27.8 Å². The molecule has 2 aliphatic carbocycles. The molecule has 1 aromatic rings. The van der Waals surface area contributed by atoms with E-state index in [0.717, 1.165) is 43.9 Å². The average molecular weight is 870 g/mol. The number of benzene rings is 1. The molecule has 6 amide bonds. The second-order valence-corrected chi connectivity index (χ2v) is 21.0. The molecule has 0 spiro atoms. The predicted molar refractivity (Wildman–Crippen MR) is 230 cm³/mol. The van der Waals surface area contributed by atoms with Gasteiger partial charge in [-0.3, -0.25) is 19.2 Å². The molecule has 2 aliphatic heterocycles. The maximum atomic E-state index is 15.1. The number of likely N-dealkylation sites (N-methyl/N-ethyl adjacent to an activating group) is 1. The quantitative estimate of drug-likeness (QED) is 0.134. The number of sulfonamides is 1. The fraction of sp³-hybridized carbons (Fsp3) is 0.682. The van der Waals surface area contributed by atoms with Gasteiger partial charge in [0.05, 0.1) is 18.9 Å². The summed E-state index contributed by atoms with van der Waals surface area (Å²) < 4.78 is 31.7. The summed E-state index contributed by atoms with van der Waals surface area (Å²) in [6.45, 7) is 12.1. The van der Waals surface area contributed by atoms with E-state index in [4.69, 9.17) is 4.74 Å². The first-order valence-corrected chi connectivity index (χ1v) is 23.6. The number of carbonyl (C=O) groups is 6. The number of urea groups is 1. The van der Waals surface area contributed by atoms with Crippen LogP contribution >= 0.6 is 0 Å². The molecule has 2 heterocycles. The summed E-state index contributed by atoms with van der Waals surface area (Å²) in [5.74, 6) is -3.02. The second-order valence-electron chi connectivity index (χ2n) is 19.0. The molecule has 4 aliphatic rings. The van der Waals surface area contributed by atoms with Crippen LogP contribution in [0.5, 0.6) is 0 Å². The van der Waals surface area contributed by atoms with Crippen LogP contribution in [0.2, 0.25) is 0 Å². The smallest absolute Gasteiger partial charge is 0.410 e. The maximum absolute atomic E-state index is 15.1. The Morgan fingerprint density at radius 1 is 1.00 bits per heavy atom. The highest BCUT2D eigenvalue weighted by Gasteiger charge is 2.49. The Hall–Kier alpha value is -4.51. The topological polar surface area (TPSA) is 204 Å². The van der Waals surface area contributed by atoms with Crippen molar-refractivity contribution in [3.63, 3.8) is 0 Å². The summed E-state index contributed by atoms with van der Waals surface area (Å²) in [5.41, 5.74) is 0.962. The van der Waals surface area contributed by atoms with Crippen LogP contribution in [0.25, 0.3) is 0 Å². The van der Waals surface area contributed by atoms with Crippen molar-refractivity contribution in [2.45, 2.75) is 123 Å². The lowest BCUT2D eigenvalue weighted by atomic mass is 9.70. The van der Waals surface area contributed by atoms with Gasteiger partial charge < -0.3 is 35.8 Å². The molecule has 0 radical (unpaired) electrons. The van der Waals surface area contributed by atoms with E-state index in [1.165, 1.54) is 27.9 Å². The maximum Gasteiger partial charge on any atom is 0.410 e. The lowest BCUT2D eigenvalue weighted by molar-refractivity contribution is -0.144. The molecule has 1 saturated heterocycles. The molecule has 0 bridgehead atoms. The van der Waals surface area contributed by atoms with E-state index >= 15 is 4.79 Å². The number of carbonyl (C=O) groups excluding carboxylic acids is 6. The molecule has 1 aromatic carbocycles. The number of likely N-dealkylation sites (tertiary alicyclic amines) is 1.